The van der Waals surface area contributed by atoms with Crippen molar-refractivity contribution in [1.82, 2.24) is 4.90 Å². The lowest BCUT2D eigenvalue weighted by molar-refractivity contribution is 0.0748. The molecule has 1 saturated heterocycles. The molecule has 1 fully saturated rings. The molecule has 0 spiro atoms. The van der Waals surface area contributed by atoms with E-state index >= 15 is 0 Å². The summed E-state index contributed by atoms with van der Waals surface area (Å²) in [5, 5.41) is 0. The highest BCUT2D eigenvalue weighted by molar-refractivity contribution is 6.00. The van der Waals surface area contributed by atoms with Crippen LogP contribution in [-0.4, -0.2) is 23.4 Å². The SMILES string of the molecule is Cc1ccc(C(=O)N2CCCC2C)c(NN)c1. The van der Waals surface area contributed by atoms with E-state index in [0.717, 1.165) is 24.9 Å². The van der Waals surface area contributed by atoms with Crippen molar-refractivity contribution in [2.75, 3.05) is 12.0 Å². The minimum Gasteiger partial charge on any atom is -0.336 e. The van der Waals surface area contributed by atoms with Gasteiger partial charge in [0.15, 0.2) is 0 Å². The van der Waals surface area contributed by atoms with Crippen LogP contribution in [0.1, 0.15) is 35.7 Å². The lowest BCUT2D eigenvalue weighted by atomic mass is 10.1. The predicted octanol–water partition coefficient (Wildman–Crippen LogP) is 1.91. The van der Waals surface area contributed by atoms with Crippen LogP contribution >= 0.6 is 0 Å². The van der Waals surface area contributed by atoms with Gasteiger partial charge in [0.2, 0.25) is 0 Å². The monoisotopic (exact) mass is 233 g/mol. The van der Waals surface area contributed by atoms with E-state index in [4.69, 9.17) is 5.84 Å². The van der Waals surface area contributed by atoms with E-state index in [9.17, 15) is 4.79 Å². The average molecular weight is 233 g/mol. The highest BCUT2D eigenvalue weighted by atomic mass is 16.2. The minimum absolute atomic E-state index is 0.0722. The second kappa shape index (κ2) is 4.75. The number of hydrogen-bond donors (Lipinski definition) is 2. The number of nitrogens with two attached hydrogens (primary N) is 1. The fourth-order valence-corrected chi connectivity index (χ4v) is 2.35. The average Bonchev–Trinajstić information content (AvgIpc) is 2.74. The van der Waals surface area contributed by atoms with Crippen molar-refractivity contribution < 1.29 is 4.79 Å². The van der Waals surface area contributed by atoms with Gasteiger partial charge in [0.05, 0.1) is 11.3 Å². The number of nitrogen functional groups attached to an aromatic ring is 1. The Hall–Kier alpha value is -1.55. The van der Waals surface area contributed by atoms with E-state index in [-0.39, 0.29) is 5.91 Å². The number of hydrazine groups is 1. The lowest BCUT2D eigenvalue weighted by Crippen LogP contribution is -2.34. The molecule has 4 nitrogen and oxygen atoms in total. The first kappa shape index (κ1) is 11.9. The number of nitrogens with one attached hydrogen (secondary N) is 1. The Balaban J connectivity index is 2.30. The van der Waals surface area contributed by atoms with Crippen molar-refractivity contribution in [3.05, 3.63) is 29.3 Å². The number of hydrogen-bond acceptors (Lipinski definition) is 3. The van der Waals surface area contributed by atoms with Gasteiger partial charge < -0.3 is 10.3 Å². The molecule has 0 radical (unpaired) electrons. The fourth-order valence-electron chi connectivity index (χ4n) is 2.35. The first-order valence-corrected chi connectivity index (χ1v) is 6.01. The van der Waals surface area contributed by atoms with Crippen molar-refractivity contribution in [1.29, 1.82) is 0 Å². The molecule has 1 aliphatic heterocycles. The van der Waals surface area contributed by atoms with Gasteiger partial charge in [-0.05, 0) is 44.4 Å². The summed E-state index contributed by atoms with van der Waals surface area (Å²) in [7, 11) is 0. The molecule has 1 unspecified atom stereocenters. The molecule has 92 valence electrons. The maximum absolute atomic E-state index is 12.4. The molecule has 0 aliphatic carbocycles. The van der Waals surface area contributed by atoms with Crippen LogP contribution in [0.15, 0.2) is 18.2 Å². The molecule has 1 heterocycles. The molecule has 2 rings (SSSR count). The maximum atomic E-state index is 12.4. The second-order valence-corrected chi connectivity index (χ2v) is 4.68. The van der Waals surface area contributed by atoms with Gasteiger partial charge in [0.25, 0.3) is 5.91 Å². The second-order valence-electron chi connectivity index (χ2n) is 4.68. The van der Waals surface area contributed by atoms with E-state index in [1.54, 1.807) is 0 Å². The first-order chi connectivity index (χ1) is 8.13. The van der Waals surface area contributed by atoms with Crippen LogP contribution in [0, 0.1) is 6.92 Å². The summed E-state index contributed by atoms with van der Waals surface area (Å²) in [6.45, 7) is 4.92. The van der Waals surface area contributed by atoms with Crippen LogP contribution in [0.3, 0.4) is 0 Å². The van der Waals surface area contributed by atoms with E-state index in [1.807, 2.05) is 30.0 Å². The summed E-state index contributed by atoms with van der Waals surface area (Å²) in [5.74, 6) is 5.54. The van der Waals surface area contributed by atoms with Crippen molar-refractivity contribution in [2.45, 2.75) is 32.7 Å². The van der Waals surface area contributed by atoms with Crippen LogP contribution in [0.5, 0.6) is 0 Å². The molecule has 4 heteroatoms. The number of amides is 1. The van der Waals surface area contributed by atoms with Gasteiger partial charge in [0.1, 0.15) is 0 Å². The molecule has 0 aromatic heterocycles. The lowest BCUT2D eigenvalue weighted by Gasteiger charge is -2.22. The normalized spacial score (nSPS) is 19.5. The number of carbonyl (C=O) groups excluding carboxylic acids is 1. The number of rotatable bonds is 2. The smallest absolute Gasteiger partial charge is 0.256 e. The highest BCUT2D eigenvalue weighted by Gasteiger charge is 2.27. The molecular formula is C13H19N3O. The van der Waals surface area contributed by atoms with Crippen molar-refractivity contribution >= 4 is 11.6 Å². The summed E-state index contributed by atoms with van der Waals surface area (Å²) in [6.07, 6.45) is 2.17. The van der Waals surface area contributed by atoms with Gasteiger partial charge in [-0.3, -0.25) is 10.6 Å². The zero-order valence-electron chi connectivity index (χ0n) is 10.4. The van der Waals surface area contributed by atoms with Crippen LogP contribution in [-0.2, 0) is 0 Å². The Labute approximate surface area is 102 Å². The highest BCUT2D eigenvalue weighted by Crippen LogP contribution is 2.23. The Morgan fingerprint density at radius 2 is 2.29 bits per heavy atom. The fraction of sp³-hybridized carbons (Fsp3) is 0.462. The summed E-state index contributed by atoms with van der Waals surface area (Å²) in [6, 6.07) is 6.01. The topological polar surface area (TPSA) is 58.4 Å². The molecule has 17 heavy (non-hydrogen) atoms. The molecule has 1 amide bonds. The Bertz CT molecular complexity index is 431. The van der Waals surface area contributed by atoms with E-state index in [2.05, 4.69) is 12.3 Å². The van der Waals surface area contributed by atoms with Crippen molar-refractivity contribution in [3.63, 3.8) is 0 Å². The summed E-state index contributed by atoms with van der Waals surface area (Å²) >= 11 is 0. The van der Waals surface area contributed by atoms with Crippen LogP contribution in [0.2, 0.25) is 0 Å². The largest absolute Gasteiger partial charge is 0.336 e. The van der Waals surface area contributed by atoms with Gasteiger partial charge in [-0.15, -0.1) is 0 Å². The molecule has 0 bridgehead atoms. The third-order valence-electron chi connectivity index (χ3n) is 3.37. The van der Waals surface area contributed by atoms with Gasteiger partial charge >= 0.3 is 0 Å². The number of aryl methyl sites for hydroxylation is 1. The number of anilines is 1. The quantitative estimate of drug-likeness (QED) is 0.606. The van der Waals surface area contributed by atoms with Crippen LogP contribution in [0.4, 0.5) is 5.69 Å². The van der Waals surface area contributed by atoms with Crippen LogP contribution < -0.4 is 11.3 Å². The standard InChI is InChI=1S/C13H19N3O/c1-9-5-6-11(12(8-9)15-14)13(17)16-7-3-4-10(16)2/h5-6,8,10,15H,3-4,7,14H2,1-2H3. The van der Waals surface area contributed by atoms with Gasteiger partial charge in [-0.25, -0.2) is 0 Å². The zero-order chi connectivity index (χ0) is 12.4. The Morgan fingerprint density at radius 3 is 2.88 bits per heavy atom. The van der Waals surface area contributed by atoms with E-state index in [0.29, 0.717) is 17.3 Å². The van der Waals surface area contributed by atoms with Gasteiger partial charge in [0, 0.05) is 12.6 Å². The Morgan fingerprint density at radius 1 is 1.53 bits per heavy atom. The summed E-state index contributed by atoms with van der Waals surface area (Å²) in [4.78, 5) is 14.3. The van der Waals surface area contributed by atoms with Crippen molar-refractivity contribution in [3.8, 4) is 0 Å². The predicted molar refractivity (Wildman–Crippen MR) is 68.7 cm³/mol. The maximum Gasteiger partial charge on any atom is 0.256 e. The third kappa shape index (κ3) is 2.26. The zero-order valence-corrected chi connectivity index (χ0v) is 10.4. The number of likely N-dealkylation sites (tertiary alicyclic amines) is 1. The van der Waals surface area contributed by atoms with E-state index < -0.39 is 0 Å². The molecule has 1 aromatic rings. The van der Waals surface area contributed by atoms with Crippen molar-refractivity contribution in [2.24, 2.45) is 5.84 Å². The minimum atomic E-state index is 0.0722. The molecular weight excluding hydrogens is 214 g/mol. The molecule has 1 atom stereocenters. The first-order valence-electron chi connectivity index (χ1n) is 6.01. The number of benzene rings is 1. The molecule has 1 aromatic carbocycles. The van der Waals surface area contributed by atoms with Gasteiger partial charge in [-0.1, -0.05) is 6.07 Å². The van der Waals surface area contributed by atoms with Gasteiger partial charge in [-0.2, -0.15) is 0 Å². The molecule has 1 aliphatic rings. The summed E-state index contributed by atoms with van der Waals surface area (Å²) < 4.78 is 0. The Kier molecular flexibility index (Phi) is 3.33. The van der Waals surface area contributed by atoms with Crippen LogP contribution in [0.25, 0.3) is 0 Å². The summed E-state index contributed by atoms with van der Waals surface area (Å²) in [5.41, 5.74) is 5.06. The number of nitrogens with zero attached hydrogens (tertiary/aromatic N) is 1. The molecule has 0 saturated carbocycles. The number of carbonyl (C=O) groups is 1. The molecule has 3 N–H and O–H groups in total. The van der Waals surface area contributed by atoms with E-state index in [1.165, 1.54) is 0 Å². The third-order valence-corrected chi connectivity index (χ3v) is 3.37.